The van der Waals surface area contributed by atoms with Crippen LogP contribution in [0.4, 0.5) is 5.82 Å². The van der Waals surface area contributed by atoms with E-state index in [1.54, 1.807) is 0 Å². The molecule has 94 valence electrons. The van der Waals surface area contributed by atoms with Gasteiger partial charge in [0.25, 0.3) is 0 Å². The molecule has 0 bridgehead atoms. The lowest BCUT2D eigenvalue weighted by atomic mass is 10.3. The smallest absolute Gasteiger partial charge is 0.152 e. The SMILES string of the molecule is CN1Cc2c(ncn2CC2SCCS2)N(C)C1. The molecule has 3 rings (SSSR count). The van der Waals surface area contributed by atoms with Crippen LogP contribution in [0.15, 0.2) is 6.33 Å². The summed E-state index contributed by atoms with van der Waals surface area (Å²) in [7, 11) is 4.28. The predicted octanol–water partition coefficient (Wildman–Crippen LogP) is 1.53. The van der Waals surface area contributed by atoms with Gasteiger partial charge in [-0.05, 0) is 7.05 Å². The maximum Gasteiger partial charge on any atom is 0.152 e. The van der Waals surface area contributed by atoms with Gasteiger partial charge in [0.1, 0.15) is 0 Å². The zero-order valence-electron chi connectivity index (χ0n) is 10.3. The molecule has 0 aliphatic carbocycles. The van der Waals surface area contributed by atoms with E-state index in [0.717, 1.165) is 25.6 Å². The Balaban J connectivity index is 1.81. The lowest BCUT2D eigenvalue weighted by Gasteiger charge is -2.31. The van der Waals surface area contributed by atoms with Gasteiger partial charge in [-0.15, -0.1) is 23.5 Å². The van der Waals surface area contributed by atoms with E-state index in [0.29, 0.717) is 4.58 Å². The van der Waals surface area contributed by atoms with Gasteiger partial charge in [-0.1, -0.05) is 0 Å². The summed E-state index contributed by atoms with van der Waals surface area (Å²) in [6, 6.07) is 0. The maximum absolute atomic E-state index is 4.56. The van der Waals surface area contributed by atoms with Crippen LogP contribution in [0.3, 0.4) is 0 Å². The molecule has 2 aliphatic heterocycles. The van der Waals surface area contributed by atoms with Crippen LogP contribution < -0.4 is 4.90 Å². The molecule has 2 aliphatic rings. The summed E-state index contributed by atoms with van der Waals surface area (Å²) in [6.07, 6.45) is 2.01. The van der Waals surface area contributed by atoms with Gasteiger partial charge in [0.05, 0.1) is 23.3 Å². The number of rotatable bonds is 2. The Kier molecular flexibility index (Phi) is 3.28. The first-order valence-corrected chi connectivity index (χ1v) is 8.00. The molecule has 17 heavy (non-hydrogen) atoms. The fourth-order valence-corrected chi connectivity index (χ4v) is 5.23. The van der Waals surface area contributed by atoms with E-state index in [2.05, 4.69) is 57.0 Å². The number of fused-ring (bicyclic) bond motifs is 1. The average Bonchev–Trinajstić information content (AvgIpc) is 2.89. The van der Waals surface area contributed by atoms with Gasteiger partial charge in [-0.25, -0.2) is 4.98 Å². The van der Waals surface area contributed by atoms with Gasteiger partial charge < -0.3 is 9.47 Å². The molecule has 0 spiro atoms. The van der Waals surface area contributed by atoms with Crippen molar-refractivity contribution >= 4 is 29.3 Å². The minimum absolute atomic E-state index is 0.714. The lowest BCUT2D eigenvalue weighted by molar-refractivity contribution is 0.305. The minimum Gasteiger partial charge on any atom is -0.345 e. The minimum atomic E-state index is 0.714. The molecule has 0 atom stereocenters. The van der Waals surface area contributed by atoms with Gasteiger partial charge in [-0.3, -0.25) is 4.90 Å². The summed E-state index contributed by atoms with van der Waals surface area (Å²) in [6.45, 7) is 3.08. The monoisotopic (exact) mass is 270 g/mol. The summed E-state index contributed by atoms with van der Waals surface area (Å²) >= 11 is 4.16. The van der Waals surface area contributed by atoms with Crippen molar-refractivity contribution in [2.24, 2.45) is 0 Å². The second-order valence-corrected chi connectivity index (χ2v) is 7.61. The summed E-state index contributed by atoms with van der Waals surface area (Å²) in [5.74, 6) is 3.76. The summed E-state index contributed by atoms with van der Waals surface area (Å²) in [5, 5.41) is 0. The number of hydrogen-bond donors (Lipinski definition) is 0. The number of nitrogens with zero attached hydrogens (tertiary/aromatic N) is 4. The third kappa shape index (κ3) is 2.30. The molecule has 1 aromatic heterocycles. The van der Waals surface area contributed by atoms with Gasteiger partial charge >= 0.3 is 0 Å². The normalized spacial score (nSPS) is 22.1. The number of thioether (sulfide) groups is 2. The van der Waals surface area contributed by atoms with Crippen molar-refractivity contribution in [3.05, 3.63) is 12.0 Å². The first kappa shape index (κ1) is 11.7. The average molecular weight is 270 g/mol. The topological polar surface area (TPSA) is 24.3 Å². The molecular weight excluding hydrogens is 252 g/mol. The van der Waals surface area contributed by atoms with Gasteiger partial charge in [0, 0.05) is 31.6 Å². The Morgan fingerprint density at radius 1 is 1.35 bits per heavy atom. The molecule has 0 radical (unpaired) electrons. The van der Waals surface area contributed by atoms with Crippen LogP contribution in [0.5, 0.6) is 0 Å². The number of imidazole rings is 1. The van der Waals surface area contributed by atoms with E-state index < -0.39 is 0 Å². The Hall–Kier alpha value is -0.330. The van der Waals surface area contributed by atoms with Crippen molar-refractivity contribution in [1.29, 1.82) is 0 Å². The molecular formula is C11H18N4S2. The van der Waals surface area contributed by atoms with Gasteiger partial charge in [0.2, 0.25) is 0 Å². The fourth-order valence-electron chi connectivity index (χ4n) is 2.44. The molecule has 1 fully saturated rings. The van der Waals surface area contributed by atoms with Crippen LogP contribution in [0.2, 0.25) is 0 Å². The Bertz CT molecular complexity index is 400. The number of anilines is 1. The zero-order valence-corrected chi connectivity index (χ0v) is 11.9. The molecule has 0 unspecified atom stereocenters. The molecule has 0 aromatic carbocycles. The molecule has 6 heteroatoms. The Morgan fingerprint density at radius 2 is 2.12 bits per heavy atom. The molecule has 1 aromatic rings. The molecule has 3 heterocycles. The lowest BCUT2D eigenvalue weighted by Crippen LogP contribution is -2.38. The van der Waals surface area contributed by atoms with Gasteiger partial charge in [0.15, 0.2) is 5.82 Å². The second kappa shape index (κ2) is 4.74. The zero-order chi connectivity index (χ0) is 11.8. The first-order valence-electron chi connectivity index (χ1n) is 5.91. The van der Waals surface area contributed by atoms with E-state index in [9.17, 15) is 0 Å². The number of hydrogen-bond acceptors (Lipinski definition) is 5. The highest BCUT2D eigenvalue weighted by Crippen LogP contribution is 2.34. The van der Waals surface area contributed by atoms with E-state index in [1.165, 1.54) is 17.2 Å². The van der Waals surface area contributed by atoms with Crippen molar-refractivity contribution in [1.82, 2.24) is 14.5 Å². The Labute approximate surface area is 111 Å². The van der Waals surface area contributed by atoms with Crippen LogP contribution in [0.25, 0.3) is 0 Å². The van der Waals surface area contributed by atoms with Crippen molar-refractivity contribution < 1.29 is 0 Å². The third-order valence-corrected chi connectivity index (χ3v) is 6.19. The number of aromatic nitrogens is 2. The molecule has 0 N–H and O–H groups in total. The van der Waals surface area contributed by atoms with E-state index in [-0.39, 0.29) is 0 Å². The molecule has 4 nitrogen and oxygen atoms in total. The van der Waals surface area contributed by atoms with Crippen molar-refractivity contribution in [3.8, 4) is 0 Å². The summed E-state index contributed by atoms with van der Waals surface area (Å²) in [5.41, 5.74) is 1.37. The van der Waals surface area contributed by atoms with Crippen LogP contribution in [-0.4, -0.2) is 51.3 Å². The third-order valence-electron chi connectivity index (χ3n) is 3.20. The molecule has 0 amide bonds. The van der Waals surface area contributed by atoms with Gasteiger partial charge in [-0.2, -0.15) is 0 Å². The predicted molar refractivity (Wildman–Crippen MR) is 75.7 cm³/mol. The molecule has 1 saturated heterocycles. The summed E-state index contributed by atoms with van der Waals surface area (Å²) < 4.78 is 3.06. The van der Waals surface area contributed by atoms with E-state index in [1.807, 2.05) is 6.33 Å². The highest BCUT2D eigenvalue weighted by atomic mass is 32.2. The van der Waals surface area contributed by atoms with Crippen LogP contribution >= 0.6 is 23.5 Å². The molecule has 0 saturated carbocycles. The van der Waals surface area contributed by atoms with Crippen LogP contribution in [0.1, 0.15) is 5.69 Å². The standard InChI is InChI=1S/C11H18N4S2/c1-13-5-9-11(14(2)8-13)12-7-15(9)6-10-16-3-4-17-10/h7,10H,3-6,8H2,1-2H3. The maximum atomic E-state index is 4.56. The fraction of sp³-hybridized carbons (Fsp3) is 0.727. The summed E-state index contributed by atoms with van der Waals surface area (Å²) in [4.78, 5) is 9.11. The van der Waals surface area contributed by atoms with E-state index >= 15 is 0 Å². The highest BCUT2D eigenvalue weighted by molar-refractivity contribution is 8.20. The Morgan fingerprint density at radius 3 is 2.88 bits per heavy atom. The quantitative estimate of drug-likeness (QED) is 0.811. The van der Waals surface area contributed by atoms with E-state index in [4.69, 9.17) is 0 Å². The largest absolute Gasteiger partial charge is 0.345 e. The van der Waals surface area contributed by atoms with Crippen molar-refractivity contribution in [2.75, 3.05) is 37.2 Å². The second-order valence-electron chi connectivity index (χ2n) is 4.69. The van der Waals surface area contributed by atoms with Crippen LogP contribution in [0, 0.1) is 0 Å². The highest BCUT2D eigenvalue weighted by Gasteiger charge is 2.24. The van der Waals surface area contributed by atoms with Crippen LogP contribution in [-0.2, 0) is 13.1 Å². The van der Waals surface area contributed by atoms with Crippen molar-refractivity contribution in [3.63, 3.8) is 0 Å². The first-order chi connectivity index (χ1) is 8.24. The van der Waals surface area contributed by atoms with Crippen molar-refractivity contribution in [2.45, 2.75) is 17.7 Å².